The molecule has 5 nitrogen and oxygen atoms in total. The van der Waals surface area contributed by atoms with Crippen molar-refractivity contribution in [2.45, 2.75) is 44.3 Å². The van der Waals surface area contributed by atoms with Crippen molar-refractivity contribution in [2.24, 2.45) is 5.92 Å². The van der Waals surface area contributed by atoms with Crippen LogP contribution in [0.3, 0.4) is 0 Å². The van der Waals surface area contributed by atoms with E-state index < -0.39 is 0 Å². The van der Waals surface area contributed by atoms with Gasteiger partial charge in [-0.2, -0.15) is 0 Å². The fourth-order valence-electron chi connectivity index (χ4n) is 1.80. The summed E-state index contributed by atoms with van der Waals surface area (Å²) in [6.07, 6.45) is 3.33. The average Bonchev–Trinajstić information content (AvgIpc) is 3.08. The lowest BCUT2D eigenvalue weighted by atomic mass is 10.2. The van der Waals surface area contributed by atoms with E-state index in [1.165, 1.54) is 0 Å². The molecule has 0 saturated heterocycles. The van der Waals surface area contributed by atoms with Crippen LogP contribution in [0.4, 0.5) is 0 Å². The van der Waals surface area contributed by atoms with E-state index in [9.17, 15) is 4.79 Å². The Hall–Kier alpha value is -0.750. The summed E-state index contributed by atoms with van der Waals surface area (Å²) >= 11 is 1.68. The molecule has 1 heterocycles. The summed E-state index contributed by atoms with van der Waals surface area (Å²) in [5.41, 5.74) is -0.0575. The van der Waals surface area contributed by atoms with Gasteiger partial charge in [-0.05, 0) is 38.3 Å². The van der Waals surface area contributed by atoms with E-state index in [0.29, 0.717) is 12.0 Å². The van der Waals surface area contributed by atoms with Crippen LogP contribution in [0, 0.1) is 5.92 Å². The minimum absolute atomic E-state index is 0.0575. The Morgan fingerprint density at radius 1 is 1.56 bits per heavy atom. The lowest BCUT2D eigenvalue weighted by Gasteiger charge is -2.07. The van der Waals surface area contributed by atoms with Crippen LogP contribution in [0.25, 0.3) is 0 Å². The third-order valence-corrected chi connectivity index (χ3v) is 3.90. The van der Waals surface area contributed by atoms with Gasteiger partial charge in [0.2, 0.25) is 0 Å². The maximum atomic E-state index is 11.6. The second-order valence-electron chi connectivity index (χ2n) is 5.21. The predicted octanol–water partition coefficient (Wildman–Crippen LogP) is 1.63. The smallest absolute Gasteiger partial charge is 0.316 e. The molecule has 0 radical (unpaired) electrons. The van der Waals surface area contributed by atoms with Crippen LogP contribution >= 0.6 is 11.8 Å². The second-order valence-corrected chi connectivity index (χ2v) is 6.27. The first-order chi connectivity index (χ1) is 8.68. The molecule has 0 bridgehead atoms. The van der Waals surface area contributed by atoms with Crippen LogP contribution in [0.2, 0.25) is 0 Å². The summed E-state index contributed by atoms with van der Waals surface area (Å²) in [4.78, 5) is 11.6. The van der Waals surface area contributed by atoms with Crippen LogP contribution in [-0.2, 0) is 0 Å². The topological polar surface area (TPSA) is 62.7 Å². The number of nitrogens with zero attached hydrogens (tertiary/aromatic N) is 2. The van der Waals surface area contributed by atoms with Crippen molar-refractivity contribution in [1.82, 2.24) is 20.1 Å². The van der Waals surface area contributed by atoms with E-state index in [-0.39, 0.29) is 5.69 Å². The van der Waals surface area contributed by atoms with E-state index in [4.69, 9.17) is 0 Å². The summed E-state index contributed by atoms with van der Waals surface area (Å²) in [6.45, 7) is 6.52. The first-order valence-electron chi connectivity index (χ1n) is 6.69. The zero-order valence-electron chi connectivity index (χ0n) is 11.1. The Labute approximate surface area is 112 Å². The minimum atomic E-state index is -0.0575. The van der Waals surface area contributed by atoms with Gasteiger partial charge in [0, 0.05) is 11.8 Å². The molecule has 18 heavy (non-hydrogen) atoms. The van der Waals surface area contributed by atoms with Crippen molar-refractivity contribution in [2.75, 3.05) is 18.8 Å². The highest BCUT2D eigenvalue weighted by atomic mass is 32.2. The van der Waals surface area contributed by atoms with Gasteiger partial charge >= 0.3 is 5.69 Å². The second kappa shape index (κ2) is 6.43. The minimum Gasteiger partial charge on any atom is -0.316 e. The van der Waals surface area contributed by atoms with Crippen molar-refractivity contribution in [1.29, 1.82) is 0 Å². The highest BCUT2D eigenvalue weighted by Gasteiger charge is 2.28. The van der Waals surface area contributed by atoms with Gasteiger partial charge in [0.1, 0.15) is 0 Å². The Morgan fingerprint density at radius 3 is 3.00 bits per heavy atom. The number of hydrogen-bond acceptors (Lipinski definition) is 4. The number of aromatic nitrogens is 3. The van der Waals surface area contributed by atoms with Crippen molar-refractivity contribution in [3.63, 3.8) is 0 Å². The molecule has 6 heteroatoms. The maximum Gasteiger partial charge on any atom is 0.344 e. The van der Waals surface area contributed by atoms with Gasteiger partial charge in [-0.25, -0.2) is 9.89 Å². The third kappa shape index (κ3) is 3.88. The molecule has 102 valence electrons. The third-order valence-electron chi connectivity index (χ3n) is 2.87. The van der Waals surface area contributed by atoms with Crippen LogP contribution in [-0.4, -0.2) is 33.6 Å². The molecule has 1 aliphatic rings. The Bertz CT molecular complexity index is 422. The van der Waals surface area contributed by atoms with Gasteiger partial charge in [0.25, 0.3) is 0 Å². The predicted molar refractivity (Wildman–Crippen MR) is 74.2 cm³/mol. The fourth-order valence-corrected chi connectivity index (χ4v) is 2.75. The lowest BCUT2D eigenvalue weighted by molar-refractivity contribution is 0.551. The molecule has 0 aliphatic heterocycles. The maximum absolute atomic E-state index is 11.6. The SMILES string of the molecule is CC(C)CNCCCSc1n[nH]c(=O)n1C1CC1. The molecule has 1 aliphatic carbocycles. The van der Waals surface area contributed by atoms with Crippen LogP contribution in [0.15, 0.2) is 9.95 Å². The number of H-pyrrole nitrogens is 1. The van der Waals surface area contributed by atoms with Crippen molar-refractivity contribution in [3.05, 3.63) is 10.5 Å². The molecule has 0 amide bonds. The Balaban J connectivity index is 1.69. The summed E-state index contributed by atoms with van der Waals surface area (Å²) in [5.74, 6) is 1.70. The molecule has 0 unspecified atom stereocenters. The number of nitrogens with one attached hydrogen (secondary N) is 2. The van der Waals surface area contributed by atoms with Crippen molar-refractivity contribution in [3.8, 4) is 0 Å². The van der Waals surface area contributed by atoms with E-state index in [0.717, 1.165) is 43.3 Å². The number of aromatic amines is 1. The monoisotopic (exact) mass is 270 g/mol. The molecular formula is C12H22N4OS. The molecule has 0 spiro atoms. The van der Waals surface area contributed by atoms with E-state index in [1.54, 1.807) is 11.8 Å². The fraction of sp³-hybridized carbons (Fsp3) is 0.833. The van der Waals surface area contributed by atoms with E-state index in [2.05, 4.69) is 29.4 Å². The first-order valence-corrected chi connectivity index (χ1v) is 7.67. The molecule has 1 aromatic heterocycles. The van der Waals surface area contributed by atoms with Gasteiger partial charge in [0.15, 0.2) is 5.16 Å². The summed E-state index contributed by atoms with van der Waals surface area (Å²) in [7, 11) is 0. The molecule has 0 aromatic carbocycles. The molecule has 2 rings (SSSR count). The van der Waals surface area contributed by atoms with Gasteiger partial charge in [-0.15, -0.1) is 5.10 Å². The van der Waals surface area contributed by atoms with Gasteiger partial charge in [-0.1, -0.05) is 25.6 Å². The number of thioether (sulfide) groups is 1. The molecule has 1 saturated carbocycles. The zero-order chi connectivity index (χ0) is 13.0. The van der Waals surface area contributed by atoms with Crippen molar-refractivity contribution >= 4 is 11.8 Å². The van der Waals surface area contributed by atoms with Gasteiger partial charge in [0.05, 0.1) is 0 Å². The van der Waals surface area contributed by atoms with Crippen LogP contribution in [0.1, 0.15) is 39.2 Å². The highest BCUT2D eigenvalue weighted by Crippen LogP contribution is 2.35. The van der Waals surface area contributed by atoms with E-state index in [1.807, 2.05) is 4.57 Å². The highest BCUT2D eigenvalue weighted by molar-refractivity contribution is 7.99. The zero-order valence-corrected chi connectivity index (χ0v) is 11.9. The summed E-state index contributed by atoms with van der Waals surface area (Å²) < 4.78 is 1.81. The first kappa shape index (κ1) is 13.7. The van der Waals surface area contributed by atoms with Crippen LogP contribution in [0.5, 0.6) is 0 Å². The van der Waals surface area contributed by atoms with Gasteiger partial charge < -0.3 is 5.32 Å². The molecular weight excluding hydrogens is 248 g/mol. The number of hydrogen-bond donors (Lipinski definition) is 2. The standard InChI is InChI=1S/C12H22N4OS/c1-9(2)8-13-6-3-7-18-12-15-14-11(17)16(12)10-4-5-10/h9-10,13H,3-8H2,1-2H3,(H,14,17). The lowest BCUT2D eigenvalue weighted by Crippen LogP contribution is -2.21. The summed E-state index contributed by atoms with van der Waals surface area (Å²) in [6, 6.07) is 0.401. The average molecular weight is 270 g/mol. The van der Waals surface area contributed by atoms with Crippen LogP contribution < -0.4 is 11.0 Å². The van der Waals surface area contributed by atoms with Crippen molar-refractivity contribution < 1.29 is 0 Å². The van der Waals surface area contributed by atoms with Gasteiger partial charge in [-0.3, -0.25) is 4.57 Å². The van der Waals surface area contributed by atoms with E-state index >= 15 is 0 Å². The molecule has 1 fully saturated rings. The molecule has 1 aromatic rings. The quantitative estimate of drug-likeness (QED) is 0.557. The molecule has 2 N–H and O–H groups in total. The Morgan fingerprint density at radius 2 is 2.33 bits per heavy atom. The largest absolute Gasteiger partial charge is 0.344 e. The summed E-state index contributed by atoms with van der Waals surface area (Å²) in [5, 5.41) is 10.9. The molecule has 0 atom stereocenters. The Kier molecular flexibility index (Phi) is 4.88. The normalized spacial score (nSPS) is 15.5. The number of rotatable bonds is 8.